The van der Waals surface area contributed by atoms with Crippen LogP contribution in [0.15, 0.2) is 53.3 Å². The summed E-state index contributed by atoms with van der Waals surface area (Å²) in [5.41, 5.74) is 2.72. The van der Waals surface area contributed by atoms with Crippen LogP contribution in [-0.4, -0.2) is 16.8 Å². The SMILES string of the molecule is Cc1c(-c2ccccc2)sc2nc(-c3ccc4c(c3)OCO4)[nH]c(=O)c12. The van der Waals surface area contributed by atoms with Gasteiger partial charge in [-0.05, 0) is 36.2 Å². The first kappa shape index (κ1) is 15.2. The van der Waals surface area contributed by atoms with Gasteiger partial charge >= 0.3 is 0 Å². The van der Waals surface area contributed by atoms with Crippen LogP contribution in [0.25, 0.3) is 32.0 Å². The van der Waals surface area contributed by atoms with Gasteiger partial charge in [0.15, 0.2) is 11.5 Å². The molecule has 0 saturated carbocycles. The van der Waals surface area contributed by atoms with E-state index in [4.69, 9.17) is 14.5 Å². The third-order valence-corrected chi connectivity index (χ3v) is 5.72. The predicted octanol–water partition coefficient (Wildman–Crippen LogP) is 4.36. The first-order valence-corrected chi connectivity index (χ1v) is 9.01. The predicted molar refractivity (Wildman–Crippen MR) is 102 cm³/mol. The first-order valence-electron chi connectivity index (χ1n) is 8.19. The molecule has 0 spiro atoms. The first-order chi connectivity index (χ1) is 12.7. The molecule has 128 valence electrons. The molecular formula is C20H14N2O3S. The van der Waals surface area contributed by atoms with Crippen LogP contribution in [-0.2, 0) is 0 Å². The van der Waals surface area contributed by atoms with Gasteiger partial charge in [0.1, 0.15) is 10.7 Å². The van der Waals surface area contributed by atoms with Crippen molar-refractivity contribution in [2.45, 2.75) is 6.92 Å². The summed E-state index contributed by atoms with van der Waals surface area (Å²) in [5.74, 6) is 1.90. The molecule has 5 rings (SSSR count). The van der Waals surface area contributed by atoms with Crippen molar-refractivity contribution in [1.82, 2.24) is 9.97 Å². The van der Waals surface area contributed by atoms with Gasteiger partial charge in [-0.25, -0.2) is 4.98 Å². The average molecular weight is 362 g/mol. The fraction of sp³-hybridized carbons (Fsp3) is 0.100. The van der Waals surface area contributed by atoms with E-state index in [2.05, 4.69) is 4.98 Å². The Bertz CT molecular complexity index is 1200. The van der Waals surface area contributed by atoms with Crippen LogP contribution in [0.2, 0.25) is 0 Å². The summed E-state index contributed by atoms with van der Waals surface area (Å²) in [5, 5.41) is 0.651. The second-order valence-electron chi connectivity index (χ2n) is 6.08. The van der Waals surface area contributed by atoms with Crippen molar-refractivity contribution in [3.8, 4) is 33.3 Å². The fourth-order valence-corrected chi connectivity index (χ4v) is 4.38. The highest BCUT2D eigenvalue weighted by atomic mass is 32.1. The summed E-state index contributed by atoms with van der Waals surface area (Å²) in [6.07, 6.45) is 0. The van der Waals surface area contributed by atoms with E-state index in [0.29, 0.717) is 22.7 Å². The van der Waals surface area contributed by atoms with Crippen molar-refractivity contribution in [1.29, 1.82) is 0 Å². The maximum Gasteiger partial charge on any atom is 0.260 e. The molecule has 0 unspecified atom stereocenters. The van der Waals surface area contributed by atoms with Gasteiger partial charge in [-0.1, -0.05) is 30.3 Å². The number of aryl methyl sites for hydroxylation is 1. The van der Waals surface area contributed by atoms with Crippen LogP contribution in [0.5, 0.6) is 11.5 Å². The number of hydrogen-bond donors (Lipinski definition) is 1. The van der Waals surface area contributed by atoms with Gasteiger partial charge in [0.05, 0.1) is 5.39 Å². The zero-order valence-electron chi connectivity index (χ0n) is 13.9. The number of aromatic nitrogens is 2. The van der Waals surface area contributed by atoms with Crippen molar-refractivity contribution >= 4 is 21.6 Å². The molecule has 1 aliphatic heterocycles. The summed E-state index contributed by atoms with van der Waals surface area (Å²) >= 11 is 1.54. The number of nitrogens with one attached hydrogen (secondary N) is 1. The zero-order valence-corrected chi connectivity index (χ0v) is 14.7. The molecule has 5 nitrogen and oxygen atoms in total. The summed E-state index contributed by atoms with van der Waals surface area (Å²) in [7, 11) is 0. The van der Waals surface area contributed by atoms with Gasteiger partial charge in [-0.2, -0.15) is 0 Å². The number of H-pyrrole nitrogens is 1. The topological polar surface area (TPSA) is 64.2 Å². The minimum Gasteiger partial charge on any atom is -0.454 e. The minimum absolute atomic E-state index is 0.126. The minimum atomic E-state index is -0.126. The van der Waals surface area contributed by atoms with Crippen LogP contribution in [0, 0.1) is 6.92 Å². The average Bonchev–Trinajstić information content (AvgIpc) is 3.26. The Labute approximate surface area is 152 Å². The van der Waals surface area contributed by atoms with Crippen LogP contribution >= 0.6 is 11.3 Å². The number of thiophene rings is 1. The molecule has 1 N–H and O–H groups in total. The molecule has 26 heavy (non-hydrogen) atoms. The maximum atomic E-state index is 12.7. The molecule has 4 aromatic rings. The highest BCUT2D eigenvalue weighted by Gasteiger charge is 2.18. The highest BCUT2D eigenvalue weighted by Crippen LogP contribution is 2.38. The zero-order chi connectivity index (χ0) is 17.7. The summed E-state index contributed by atoms with van der Waals surface area (Å²) < 4.78 is 10.8. The number of ether oxygens (including phenoxy) is 2. The van der Waals surface area contributed by atoms with Gasteiger partial charge in [0.2, 0.25) is 6.79 Å². The molecule has 0 radical (unpaired) electrons. The number of benzene rings is 2. The lowest BCUT2D eigenvalue weighted by atomic mass is 10.1. The largest absolute Gasteiger partial charge is 0.454 e. The van der Waals surface area contributed by atoms with Gasteiger partial charge in [-0.15, -0.1) is 11.3 Å². The molecule has 2 aromatic heterocycles. The van der Waals surface area contributed by atoms with Crippen molar-refractivity contribution < 1.29 is 9.47 Å². The number of rotatable bonds is 2. The molecule has 6 heteroatoms. The Kier molecular flexibility index (Phi) is 3.33. The fourth-order valence-electron chi connectivity index (χ4n) is 3.19. The number of hydrogen-bond acceptors (Lipinski definition) is 5. The lowest BCUT2D eigenvalue weighted by molar-refractivity contribution is 0.174. The Hall–Kier alpha value is -3.12. The standard InChI is InChI=1S/C20H14N2O3S/c1-11-16-19(23)21-18(13-7-8-14-15(9-13)25-10-24-14)22-20(16)26-17(11)12-5-3-2-4-6-12/h2-9H,10H2,1H3,(H,21,22,23). The molecule has 0 amide bonds. The summed E-state index contributed by atoms with van der Waals surface area (Å²) in [6, 6.07) is 15.6. The smallest absolute Gasteiger partial charge is 0.260 e. The molecular weight excluding hydrogens is 348 g/mol. The molecule has 0 fully saturated rings. The number of nitrogens with zero attached hydrogens (tertiary/aromatic N) is 1. The van der Waals surface area contributed by atoms with Gasteiger partial charge in [0, 0.05) is 10.4 Å². The van der Waals surface area contributed by atoms with Crippen molar-refractivity contribution in [3.05, 3.63) is 64.4 Å². The Balaban J connectivity index is 1.69. The van der Waals surface area contributed by atoms with Gasteiger partial charge in [-0.3, -0.25) is 4.79 Å². The number of aromatic amines is 1. The normalized spacial score (nSPS) is 12.7. The Morgan fingerprint density at radius 1 is 1.04 bits per heavy atom. The molecule has 0 bridgehead atoms. The van der Waals surface area contributed by atoms with Gasteiger partial charge < -0.3 is 14.5 Å². The quantitative estimate of drug-likeness (QED) is 0.576. The second kappa shape index (κ2) is 5.71. The Morgan fingerprint density at radius 3 is 2.69 bits per heavy atom. The van der Waals surface area contributed by atoms with E-state index in [1.165, 1.54) is 11.3 Å². The molecule has 0 atom stereocenters. The van der Waals surface area contributed by atoms with Crippen LogP contribution in [0.1, 0.15) is 5.56 Å². The van der Waals surface area contributed by atoms with E-state index < -0.39 is 0 Å². The second-order valence-corrected chi connectivity index (χ2v) is 7.08. The van der Waals surface area contributed by atoms with Crippen LogP contribution in [0.3, 0.4) is 0 Å². The molecule has 3 heterocycles. The van der Waals surface area contributed by atoms with Crippen molar-refractivity contribution in [2.24, 2.45) is 0 Å². The van der Waals surface area contributed by atoms with Crippen molar-refractivity contribution in [3.63, 3.8) is 0 Å². The number of fused-ring (bicyclic) bond motifs is 2. The molecule has 0 aliphatic carbocycles. The van der Waals surface area contributed by atoms with E-state index in [1.54, 1.807) is 0 Å². The van der Waals surface area contributed by atoms with Gasteiger partial charge in [0.25, 0.3) is 5.56 Å². The van der Waals surface area contributed by atoms with E-state index in [9.17, 15) is 4.79 Å². The molecule has 2 aromatic carbocycles. The van der Waals surface area contributed by atoms with Crippen LogP contribution in [0.4, 0.5) is 0 Å². The van der Waals surface area contributed by atoms with Crippen LogP contribution < -0.4 is 15.0 Å². The Morgan fingerprint density at radius 2 is 1.85 bits per heavy atom. The highest BCUT2D eigenvalue weighted by molar-refractivity contribution is 7.22. The monoisotopic (exact) mass is 362 g/mol. The lowest BCUT2D eigenvalue weighted by Gasteiger charge is -2.03. The third-order valence-electron chi connectivity index (χ3n) is 4.48. The van der Waals surface area contributed by atoms with E-state index in [1.807, 2.05) is 55.5 Å². The molecule has 1 aliphatic rings. The van der Waals surface area contributed by atoms with Crippen molar-refractivity contribution in [2.75, 3.05) is 6.79 Å². The maximum absolute atomic E-state index is 12.7. The summed E-state index contributed by atoms with van der Waals surface area (Å²) in [6.45, 7) is 2.19. The molecule has 0 saturated heterocycles. The van der Waals surface area contributed by atoms with E-state index >= 15 is 0 Å². The lowest BCUT2D eigenvalue weighted by Crippen LogP contribution is -2.09. The third kappa shape index (κ3) is 2.30. The van der Waals surface area contributed by atoms with E-state index in [0.717, 1.165) is 26.4 Å². The summed E-state index contributed by atoms with van der Waals surface area (Å²) in [4.78, 5) is 22.1. The van der Waals surface area contributed by atoms with E-state index in [-0.39, 0.29) is 12.4 Å².